The van der Waals surface area contributed by atoms with Crippen molar-refractivity contribution >= 4 is 15.9 Å². The third-order valence-electron chi connectivity index (χ3n) is 3.62. The molecule has 1 aromatic carbocycles. The first-order valence-corrected chi connectivity index (χ1v) is 7.59. The van der Waals surface area contributed by atoms with Gasteiger partial charge in [-0.15, -0.1) is 0 Å². The lowest BCUT2D eigenvalue weighted by molar-refractivity contribution is 0.382. The average molecular weight is 297 g/mol. The first-order valence-electron chi connectivity index (χ1n) is 6.79. The van der Waals surface area contributed by atoms with Crippen molar-refractivity contribution in [1.82, 2.24) is 0 Å². The molecule has 0 aromatic heterocycles. The Hall–Kier alpha value is -0.300. The van der Waals surface area contributed by atoms with Gasteiger partial charge in [-0.1, -0.05) is 62.0 Å². The van der Waals surface area contributed by atoms with E-state index in [0.717, 1.165) is 0 Å². The summed E-state index contributed by atoms with van der Waals surface area (Å²) in [6, 6.07) is 6.85. The van der Waals surface area contributed by atoms with Gasteiger partial charge in [0.25, 0.3) is 0 Å². The second-order valence-electron chi connectivity index (χ2n) is 5.43. The lowest BCUT2D eigenvalue weighted by Gasteiger charge is -2.30. The highest BCUT2D eigenvalue weighted by atomic mass is 79.9. The second kappa shape index (κ2) is 6.58. The van der Waals surface area contributed by atoms with E-state index in [2.05, 4.69) is 61.8 Å². The molecule has 0 saturated carbocycles. The first kappa shape index (κ1) is 14.8. The summed E-state index contributed by atoms with van der Waals surface area (Å²) in [6.07, 6.45) is 6.44. The average Bonchev–Trinajstić information content (AvgIpc) is 2.25. The van der Waals surface area contributed by atoms with Crippen LogP contribution in [-0.4, -0.2) is 0 Å². The molecule has 0 N–H and O–H groups in total. The molecule has 1 atom stereocenters. The minimum atomic E-state index is 0.347. The smallest absolute Gasteiger partial charge is 0.0180 e. The third kappa shape index (κ3) is 4.13. The van der Waals surface area contributed by atoms with Crippen LogP contribution in [0.5, 0.6) is 0 Å². The Morgan fingerprint density at radius 3 is 2.29 bits per heavy atom. The van der Waals surface area contributed by atoms with Gasteiger partial charge in [0.15, 0.2) is 0 Å². The van der Waals surface area contributed by atoms with E-state index in [-0.39, 0.29) is 0 Å². The Kier molecular flexibility index (Phi) is 5.72. The molecule has 0 bridgehead atoms. The van der Waals surface area contributed by atoms with Gasteiger partial charge in [-0.05, 0) is 48.4 Å². The molecule has 0 heterocycles. The van der Waals surface area contributed by atoms with E-state index >= 15 is 0 Å². The quantitative estimate of drug-likeness (QED) is 0.603. The second-order valence-corrected chi connectivity index (χ2v) is 6.35. The molecule has 0 radical (unpaired) electrons. The summed E-state index contributed by atoms with van der Waals surface area (Å²) >= 11 is 3.62. The van der Waals surface area contributed by atoms with Gasteiger partial charge in [-0.25, -0.2) is 0 Å². The van der Waals surface area contributed by atoms with Gasteiger partial charge in [0, 0.05) is 4.47 Å². The normalized spacial score (nSPS) is 14.6. The summed E-state index contributed by atoms with van der Waals surface area (Å²) in [5.74, 6) is 0. The summed E-state index contributed by atoms with van der Waals surface area (Å²) in [5.41, 5.74) is 3.20. The zero-order valence-electron chi connectivity index (χ0n) is 11.6. The van der Waals surface area contributed by atoms with Crippen molar-refractivity contribution in [3.05, 3.63) is 33.8 Å². The van der Waals surface area contributed by atoms with E-state index < -0.39 is 0 Å². The molecule has 0 saturated heterocycles. The number of halogens is 1. The van der Waals surface area contributed by atoms with E-state index in [9.17, 15) is 0 Å². The van der Waals surface area contributed by atoms with Crippen molar-refractivity contribution in [2.75, 3.05) is 0 Å². The molecule has 0 aliphatic rings. The van der Waals surface area contributed by atoms with Crippen LogP contribution in [0.25, 0.3) is 0 Å². The van der Waals surface area contributed by atoms with Gasteiger partial charge in [0.05, 0.1) is 0 Å². The van der Waals surface area contributed by atoms with Crippen LogP contribution >= 0.6 is 15.9 Å². The van der Waals surface area contributed by atoms with Crippen LogP contribution in [0.2, 0.25) is 0 Å². The molecule has 17 heavy (non-hydrogen) atoms. The molecule has 0 amide bonds. The molecule has 1 unspecified atom stereocenters. The fraction of sp³-hybridized carbons (Fsp3) is 0.625. The van der Waals surface area contributed by atoms with Gasteiger partial charge in [0.1, 0.15) is 0 Å². The summed E-state index contributed by atoms with van der Waals surface area (Å²) in [5, 5.41) is 0. The Labute approximate surface area is 115 Å². The number of benzene rings is 1. The van der Waals surface area contributed by atoms with Gasteiger partial charge in [0.2, 0.25) is 0 Å². The molecule has 0 fully saturated rings. The molecular weight excluding hydrogens is 272 g/mol. The van der Waals surface area contributed by atoms with E-state index in [0.29, 0.717) is 5.41 Å². The van der Waals surface area contributed by atoms with E-state index in [4.69, 9.17) is 0 Å². The maximum Gasteiger partial charge on any atom is 0.0180 e. The monoisotopic (exact) mass is 296 g/mol. The van der Waals surface area contributed by atoms with Crippen LogP contribution in [-0.2, 0) is 5.41 Å². The van der Waals surface area contributed by atoms with E-state index in [1.54, 1.807) is 0 Å². The van der Waals surface area contributed by atoms with Gasteiger partial charge in [-0.2, -0.15) is 0 Å². The zero-order valence-corrected chi connectivity index (χ0v) is 13.2. The lowest BCUT2D eigenvalue weighted by atomic mass is 9.74. The SMILES string of the molecule is CCCCC(C)(CCC)c1cc(C)cc(Br)c1. The summed E-state index contributed by atoms with van der Waals surface area (Å²) in [4.78, 5) is 0. The minimum absolute atomic E-state index is 0.347. The van der Waals surface area contributed by atoms with Crippen LogP contribution in [0.3, 0.4) is 0 Å². The van der Waals surface area contributed by atoms with Gasteiger partial charge < -0.3 is 0 Å². The van der Waals surface area contributed by atoms with Crippen LogP contribution in [0.15, 0.2) is 22.7 Å². The zero-order chi connectivity index (χ0) is 12.9. The highest BCUT2D eigenvalue weighted by Gasteiger charge is 2.25. The Morgan fingerprint density at radius 1 is 1.06 bits per heavy atom. The fourth-order valence-electron chi connectivity index (χ4n) is 2.62. The summed E-state index contributed by atoms with van der Waals surface area (Å²) < 4.78 is 1.21. The van der Waals surface area contributed by atoms with Crippen LogP contribution in [0, 0.1) is 6.92 Å². The highest BCUT2D eigenvalue weighted by molar-refractivity contribution is 9.10. The van der Waals surface area contributed by atoms with E-state index in [1.165, 1.54) is 47.7 Å². The minimum Gasteiger partial charge on any atom is -0.0654 e. The molecule has 1 aromatic rings. The first-order chi connectivity index (χ1) is 8.01. The predicted molar refractivity (Wildman–Crippen MR) is 80.7 cm³/mol. The Bertz CT molecular complexity index is 336. The van der Waals surface area contributed by atoms with Crippen molar-refractivity contribution in [3.8, 4) is 0 Å². The van der Waals surface area contributed by atoms with Crippen molar-refractivity contribution in [2.24, 2.45) is 0 Å². The Morgan fingerprint density at radius 2 is 1.76 bits per heavy atom. The number of unbranched alkanes of at least 4 members (excludes halogenated alkanes) is 1. The molecule has 0 aliphatic carbocycles. The van der Waals surface area contributed by atoms with Crippen molar-refractivity contribution in [3.63, 3.8) is 0 Å². The number of rotatable bonds is 6. The summed E-state index contributed by atoms with van der Waals surface area (Å²) in [7, 11) is 0. The number of hydrogen-bond acceptors (Lipinski definition) is 0. The molecule has 0 spiro atoms. The highest BCUT2D eigenvalue weighted by Crippen LogP contribution is 2.36. The van der Waals surface area contributed by atoms with Crippen LogP contribution < -0.4 is 0 Å². The molecule has 0 nitrogen and oxygen atoms in total. The third-order valence-corrected chi connectivity index (χ3v) is 4.08. The maximum atomic E-state index is 3.62. The standard InChI is InChI=1S/C16H25Br/c1-5-7-9-16(4,8-6-2)14-10-13(3)11-15(17)12-14/h10-12H,5-9H2,1-4H3. The molecule has 0 aliphatic heterocycles. The van der Waals surface area contributed by atoms with Crippen molar-refractivity contribution in [1.29, 1.82) is 0 Å². The molecule has 1 rings (SSSR count). The molecule has 96 valence electrons. The van der Waals surface area contributed by atoms with Crippen LogP contribution in [0.1, 0.15) is 64.0 Å². The largest absolute Gasteiger partial charge is 0.0654 e. The van der Waals surface area contributed by atoms with Crippen molar-refractivity contribution in [2.45, 2.75) is 65.2 Å². The maximum absolute atomic E-state index is 3.62. The summed E-state index contributed by atoms with van der Waals surface area (Å²) in [6.45, 7) is 9.17. The lowest BCUT2D eigenvalue weighted by Crippen LogP contribution is -2.22. The van der Waals surface area contributed by atoms with Crippen molar-refractivity contribution < 1.29 is 0 Å². The molecular formula is C16H25Br. The van der Waals surface area contributed by atoms with E-state index in [1.807, 2.05) is 0 Å². The number of aryl methyl sites for hydroxylation is 1. The topological polar surface area (TPSA) is 0 Å². The van der Waals surface area contributed by atoms with Gasteiger partial charge >= 0.3 is 0 Å². The Balaban J connectivity index is 3.02. The van der Waals surface area contributed by atoms with Gasteiger partial charge in [-0.3, -0.25) is 0 Å². The van der Waals surface area contributed by atoms with Crippen LogP contribution in [0.4, 0.5) is 0 Å². The fourth-order valence-corrected chi connectivity index (χ4v) is 3.22. The number of hydrogen-bond donors (Lipinski definition) is 0. The molecule has 1 heteroatoms. The predicted octanol–water partition coefficient (Wildman–Crippen LogP) is 6.01.